The van der Waals surface area contributed by atoms with Gasteiger partial charge >= 0.3 is 6.18 Å². The molecule has 1 atom stereocenters. The van der Waals surface area contributed by atoms with Crippen molar-refractivity contribution in [2.24, 2.45) is 18.4 Å². The molecule has 3 aliphatic heterocycles. The van der Waals surface area contributed by atoms with Gasteiger partial charge in [-0.15, -0.1) is 10.2 Å². The van der Waals surface area contributed by atoms with E-state index in [1.165, 1.54) is 15.9 Å². The quantitative estimate of drug-likeness (QED) is 0.253. The molecule has 0 radical (unpaired) electrons. The zero-order valence-corrected chi connectivity index (χ0v) is 26.1. The van der Waals surface area contributed by atoms with Crippen molar-refractivity contribution in [1.82, 2.24) is 24.6 Å². The molecule has 4 heterocycles. The first-order valence-corrected chi connectivity index (χ1v) is 15.6. The molecule has 8 nitrogen and oxygen atoms in total. The fourth-order valence-corrected chi connectivity index (χ4v) is 8.35. The summed E-state index contributed by atoms with van der Waals surface area (Å²) in [6.07, 6.45) is -0.531. The van der Waals surface area contributed by atoms with Gasteiger partial charge in [0, 0.05) is 49.4 Å². The van der Waals surface area contributed by atoms with Crippen LogP contribution in [0.1, 0.15) is 77.6 Å². The molecule has 1 saturated carbocycles. The largest absolute Gasteiger partial charge is 0.416 e. The highest BCUT2D eigenvalue weighted by atomic mass is 19.4. The highest BCUT2D eigenvalue weighted by molar-refractivity contribution is 6.10. The average molecular weight is 637 g/mol. The molecule has 1 aromatic heterocycles. The van der Waals surface area contributed by atoms with Crippen LogP contribution in [0.3, 0.4) is 0 Å². The van der Waals surface area contributed by atoms with Gasteiger partial charge in [0.15, 0.2) is 5.83 Å². The Hall–Kier alpha value is -4.06. The van der Waals surface area contributed by atoms with E-state index in [0.29, 0.717) is 43.3 Å². The van der Waals surface area contributed by atoms with Crippen molar-refractivity contribution < 1.29 is 27.2 Å². The van der Waals surface area contributed by atoms with Gasteiger partial charge in [-0.1, -0.05) is 25.6 Å². The average Bonchev–Trinajstić information content (AvgIpc) is 3.70. The predicted molar refractivity (Wildman–Crippen MR) is 162 cm³/mol. The minimum atomic E-state index is -4.65. The third kappa shape index (κ3) is 4.75. The Labute approximate surface area is 264 Å². The number of hydrogen-bond acceptors (Lipinski definition) is 5. The summed E-state index contributed by atoms with van der Waals surface area (Å²) in [6, 6.07) is 9.92. The van der Waals surface area contributed by atoms with Crippen molar-refractivity contribution in [3.63, 3.8) is 0 Å². The molecule has 1 aliphatic carbocycles. The van der Waals surface area contributed by atoms with Gasteiger partial charge in [0.1, 0.15) is 12.2 Å². The number of likely N-dealkylation sites (tertiary alicyclic amines) is 2. The van der Waals surface area contributed by atoms with E-state index < -0.39 is 35.4 Å². The van der Waals surface area contributed by atoms with Gasteiger partial charge in [0.05, 0.1) is 17.5 Å². The molecule has 4 aliphatic rings. The number of aryl methyl sites for hydroxylation is 1. The van der Waals surface area contributed by atoms with Gasteiger partial charge in [-0.3, -0.25) is 14.5 Å². The Balaban J connectivity index is 1.17. The Morgan fingerprint density at radius 1 is 1.13 bits per heavy atom. The van der Waals surface area contributed by atoms with Gasteiger partial charge in [-0.2, -0.15) is 13.2 Å². The van der Waals surface area contributed by atoms with Crippen LogP contribution in [0.15, 0.2) is 55.1 Å². The number of fused-ring (bicyclic) bond motifs is 1. The summed E-state index contributed by atoms with van der Waals surface area (Å²) in [5.41, 5.74) is 0.580. The van der Waals surface area contributed by atoms with Crippen molar-refractivity contribution in [3.8, 4) is 0 Å². The van der Waals surface area contributed by atoms with Crippen molar-refractivity contribution in [3.05, 3.63) is 88.8 Å². The number of nitrogens with zero attached hydrogens (tertiary/aromatic N) is 6. The maximum absolute atomic E-state index is 14.6. The van der Waals surface area contributed by atoms with Crippen LogP contribution >= 0.6 is 0 Å². The standard InChI is InChI=1S/C34H36F4N6O2/c1-20-13-33(14-20,31-40-39-19-41(31)4)24-6-5-7-25(12-24)44-15-27-26(30(44)46)10-23(11-28(27)34(36,37)38)22(3)42-9-8-32(16-42)17-43(18-32)29(45)21(2)35/h5-7,10-12,19-20,22H,2,8-9,13-18H2,1,3-4H3/t20?,22-,33?/m0/s1. The summed E-state index contributed by atoms with van der Waals surface area (Å²) in [6.45, 7) is 8.89. The molecule has 0 bridgehead atoms. The summed E-state index contributed by atoms with van der Waals surface area (Å²) in [5.74, 6) is -0.873. The highest BCUT2D eigenvalue weighted by Gasteiger charge is 2.51. The number of carbonyl (C=O) groups is 2. The first-order chi connectivity index (χ1) is 21.7. The molecule has 2 aromatic carbocycles. The summed E-state index contributed by atoms with van der Waals surface area (Å²) >= 11 is 0. The van der Waals surface area contributed by atoms with Gasteiger partial charge in [-0.05, 0) is 79.6 Å². The molecule has 0 N–H and O–H groups in total. The summed E-state index contributed by atoms with van der Waals surface area (Å²) in [5, 5.41) is 8.48. The number of carbonyl (C=O) groups excluding carboxylic acids is 2. The molecule has 3 aromatic rings. The van der Waals surface area contributed by atoms with E-state index in [0.717, 1.165) is 30.7 Å². The third-order valence-corrected chi connectivity index (χ3v) is 10.7. The van der Waals surface area contributed by atoms with Crippen LogP contribution < -0.4 is 4.90 Å². The van der Waals surface area contributed by atoms with E-state index in [-0.39, 0.29) is 28.5 Å². The molecule has 242 valence electrons. The van der Waals surface area contributed by atoms with E-state index in [9.17, 15) is 27.2 Å². The SMILES string of the molecule is C=C(F)C(=O)N1CC2(CCN([C@@H](C)c3cc4c(c(C(F)(F)F)c3)CN(c3cccc(C5(c6nncn6C)CC(C)C5)c3)C4=O)C2)C1. The Morgan fingerprint density at radius 2 is 1.87 bits per heavy atom. The smallest absolute Gasteiger partial charge is 0.335 e. The van der Waals surface area contributed by atoms with E-state index in [1.54, 1.807) is 18.5 Å². The third-order valence-electron chi connectivity index (χ3n) is 10.7. The lowest BCUT2D eigenvalue weighted by Gasteiger charge is -2.48. The molecule has 0 unspecified atom stereocenters. The van der Waals surface area contributed by atoms with Crippen LogP contribution in [0.4, 0.5) is 23.2 Å². The van der Waals surface area contributed by atoms with Crippen LogP contribution in [0.5, 0.6) is 0 Å². The molecule has 2 saturated heterocycles. The molecular formula is C34H36F4N6O2. The Bertz CT molecular complexity index is 1750. The molecular weight excluding hydrogens is 600 g/mol. The second kappa shape index (κ2) is 10.5. The molecule has 46 heavy (non-hydrogen) atoms. The second-order valence-electron chi connectivity index (χ2n) is 13.9. The minimum absolute atomic E-state index is 0.0170. The summed E-state index contributed by atoms with van der Waals surface area (Å²) < 4.78 is 58.9. The molecule has 7 rings (SSSR count). The van der Waals surface area contributed by atoms with Crippen molar-refractivity contribution in [2.45, 2.75) is 57.3 Å². The molecule has 2 amide bonds. The van der Waals surface area contributed by atoms with E-state index in [2.05, 4.69) is 28.6 Å². The monoisotopic (exact) mass is 636 g/mol. The van der Waals surface area contributed by atoms with Crippen LogP contribution in [-0.2, 0) is 30.0 Å². The van der Waals surface area contributed by atoms with Crippen molar-refractivity contribution in [2.75, 3.05) is 31.1 Å². The minimum Gasteiger partial charge on any atom is -0.335 e. The van der Waals surface area contributed by atoms with Crippen LogP contribution in [0, 0.1) is 11.3 Å². The van der Waals surface area contributed by atoms with Gasteiger partial charge in [0.2, 0.25) is 0 Å². The maximum Gasteiger partial charge on any atom is 0.416 e. The number of amides is 2. The summed E-state index contributed by atoms with van der Waals surface area (Å²) in [7, 11) is 1.90. The molecule has 12 heteroatoms. The fraction of sp³-hybridized carbons (Fsp3) is 0.471. The molecule has 1 spiro atoms. The number of halogens is 4. The zero-order valence-electron chi connectivity index (χ0n) is 26.1. The highest BCUT2D eigenvalue weighted by Crippen LogP contribution is 2.52. The lowest BCUT2D eigenvalue weighted by atomic mass is 9.58. The van der Waals surface area contributed by atoms with Crippen LogP contribution in [0.2, 0.25) is 0 Å². The Morgan fingerprint density at radius 3 is 2.50 bits per heavy atom. The first-order valence-electron chi connectivity index (χ1n) is 15.6. The predicted octanol–water partition coefficient (Wildman–Crippen LogP) is 5.79. The number of benzene rings is 2. The fourth-order valence-electron chi connectivity index (χ4n) is 8.35. The summed E-state index contributed by atoms with van der Waals surface area (Å²) in [4.78, 5) is 30.8. The number of rotatable bonds is 6. The van der Waals surface area contributed by atoms with Crippen LogP contribution in [-0.4, -0.2) is 62.6 Å². The van der Waals surface area contributed by atoms with Crippen LogP contribution in [0.25, 0.3) is 0 Å². The zero-order chi connectivity index (χ0) is 32.8. The number of anilines is 1. The number of aromatic nitrogens is 3. The van der Waals surface area contributed by atoms with E-state index in [1.807, 2.05) is 36.7 Å². The van der Waals surface area contributed by atoms with E-state index in [4.69, 9.17) is 0 Å². The lowest BCUT2D eigenvalue weighted by Crippen LogP contribution is -2.59. The lowest BCUT2D eigenvalue weighted by molar-refractivity contribution is -0.140. The van der Waals surface area contributed by atoms with Gasteiger partial charge in [-0.25, -0.2) is 4.39 Å². The van der Waals surface area contributed by atoms with Gasteiger partial charge < -0.3 is 14.4 Å². The van der Waals surface area contributed by atoms with Gasteiger partial charge in [0.25, 0.3) is 11.8 Å². The van der Waals surface area contributed by atoms with Crippen molar-refractivity contribution >= 4 is 17.5 Å². The second-order valence-corrected chi connectivity index (χ2v) is 13.9. The molecule has 3 fully saturated rings. The maximum atomic E-state index is 14.6. The number of hydrogen-bond donors (Lipinski definition) is 0. The topological polar surface area (TPSA) is 74.6 Å². The van der Waals surface area contributed by atoms with E-state index >= 15 is 0 Å². The Kier molecular flexibility index (Phi) is 6.97. The normalized spacial score (nSPS) is 24.6. The number of alkyl halides is 3. The first kappa shape index (κ1) is 30.6. The van der Waals surface area contributed by atoms with Crippen molar-refractivity contribution in [1.29, 1.82) is 0 Å².